The van der Waals surface area contributed by atoms with Gasteiger partial charge in [0.25, 0.3) is 3.79 Å². The van der Waals surface area contributed by atoms with Crippen LogP contribution in [0.15, 0.2) is 30.3 Å². The molecule has 0 amide bonds. The summed E-state index contributed by atoms with van der Waals surface area (Å²) in [7, 11) is 0. The van der Waals surface area contributed by atoms with Crippen LogP contribution < -0.4 is 0 Å². The van der Waals surface area contributed by atoms with Crippen molar-refractivity contribution in [3.05, 3.63) is 35.9 Å². The van der Waals surface area contributed by atoms with Gasteiger partial charge >= 0.3 is 11.9 Å². The van der Waals surface area contributed by atoms with E-state index in [9.17, 15) is 9.59 Å². The summed E-state index contributed by atoms with van der Waals surface area (Å²) in [6.45, 7) is 1.94. The number of esters is 2. The van der Waals surface area contributed by atoms with E-state index in [1.165, 1.54) is 6.92 Å². The van der Waals surface area contributed by atoms with Crippen molar-refractivity contribution in [3.8, 4) is 0 Å². The van der Waals surface area contributed by atoms with Gasteiger partial charge in [0.05, 0.1) is 6.61 Å². The molecule has 0 radical (unpaired) electrons. The highest BCUT2D eigenvalue weighted by atomic mass is 35.6. The number of ether oxygens (including phenoxy) is 5. The molecule has 0 aliphatic carbocycles. The minimum atomic E-state index is -2.27. The summed E-state index contributed by atoms with van der Waals surface area (Å²) in [6, 6.07) is 8.97. The Morgan fingerprint density at radius 2 is 1.74 bits per heavy atom. The molecule has 1 saturated heterocycles. The first-order valence-corrected chi connectivity index (χ1v) is 10.2. The molecule has 31 heavy (non-hydrogen) atoms. The second-order valence-electron chi connectivity index (χ2n) is 6.57. The Kier molecular flexibility index (Phi) is 9.32. The molecule has 8 nitrogen and oxygen atoms in total. The minimum Gasteiger partial charge on any atom is -0.463 e. The first kappa shape index (κ1) is 25.6. The zero-order valence-corrected chi connectivity index (χ0v) is 18.8. The lowest BCUT2D eigenvalue weighted by atomic mass is 9.99. The summed E-state index contributed by atoms with van der Waals surface area (Å²) < 4.78 is 39.4. The van der Waals surface area contributed by atoms with Crippen molar-refractivity contribution in [3.63, 3.8) is 0 Å². The standard InChI is InChI=1S/C19H21Cl3FNO7/c1-10(25)27-9-13-15(28-8-12-6-4-3-5-7-12)16(29-11(2)26)14(23)17(30-13)31-18(24)19(20,21)22/h3-7,13-17,24H,8-9H2,1-2H3/t13-,14-,15-,16-,17?/m1/s1. The third-order valence-electron chi connectivity index (χ3n) is 4.10. The Morgan fingerprint density at radius 3 is 2.29 bits per heavy atom. The van der Waals surface area contributed by atoms with Crippen LogP contribution in [0.1, 0.15) is 19.4 Å². The van der Waals surface area contributed by atoms with E-state index in [2.05, 4.69) is 0 Å². The van der Waals surface area contributed by atoms with Crippen molar-refractivity contribution in [2.24, 2.45) is 0 Å². The fraction of sp³-hybridized carbons (Fsp3) is 0.526. The third-order valence-corrected chi connectivity index (χ3v) is 4.62. The van der Waals surface area contributed by atoms with E-state index in [1.807, 2.05) is 6.07 Å². The largest absolute Gasteiger partial charge is 0.463 e. The summed E-state index contributed by atoms with van der Waals surface area (Å²) in [4.78, 5) is 22.9. The molecule has 1 fully saturated rings. The van der Waals surface area contributed by atoms with Gasteiger partial charge in [-0.2, -0.15) is 0 Å². The van der Waals surface area contributed by atoms with Gasteiger partial charge in [0, 0.05) is 13.8 Å². The lowest BCUT2D eigenvalue weighted by Gasteiger charge is -2.42. The quantitative estimate of drug-likeness (QED) is 0.264. The lowest BCUT2D eigenvalue weighted by molar-refractivity contribution is -0.281. The molecule has 1 aliphatic rings. The molecular formula is C19H21Cl3FNO7. The maximum atomic E-state index is 15.2. The summed E-state index contributed by atoms with van der Waals surface area (Å²) in [5.41, 5.74) is 0.766. The van der Waals surface area contributed by atoms with Gasteiger partial charge in [-0.15, -0.1) is 0 Å². The van der Waals surface area contributed by atoms with E-state index in [1.54, 1.807) is 24.3 Å². The second-order valence-corrected chi connectivity index (χ2v) is 8.85. The molecule has 1 heterocycles. The van der Waals surface area contributed by atoms with Crippen LogP contribution in [0.25, 0.3) is 0 Å². The Labute approximate surface area is 193 Å². The molecule has 1 N–H and O–H groups in total. The number of carbonyl (C=O) groups is 2. The lowest BCUT2D eigenvalue weighted by Crippen LogP contribution is -2.60. The van der Waals surface area contributed by atoms with Crippen LogP contribution in [0.2, 0.25) is 0 Å². The van der Waals surface area contributed by atoms with Crippen LogP contribution in [-0.2, 0) is 39.9 Å². The first-order valence-electron chi connectivity index (χ1n) is 9.07. The van der Waals surface area contributed by atoms with Crippen LogP contribution in [0, 0.1) is 5.41 Å². The molecule has 2 rings (SSSR count). The molecule has 0 spiro atoms. The average Bonchev–Trinajstić information content (AvgIpc) is 2.68. The molecule has 0 saturated carbocycles. The fourth-order valence-electron chi connectivity index (χ4n) is 2.77. The highest BCUT2D eigenvalue weighted by Gasteiger charge is 2.52. The number of rotatable bonds is 7. The number of benzene rings is 1. The van der Waals surface area contributed by atoms with Crippen LogP contribution in [0.5, 0.6) is 0 Å². The second kappa shape index (κ2) is 11.3. The van der Waals surface area contributed by atoms with E-state index in [-0.39, 0.29) is 13.2 Å². The van der Waals surface area contributed by atoms with E-state index in [0.717, 1.165) is 12.5 Å². The van der Waals surface area contributed by atoms with Crippen molar-refractivity contribution in [2.75, 3.05) is 6.61 Å². The Hall–Kier alpha value is -1.65. The number of nitrogens with one attached hydrogen (secondary N) is 1. The monoisotopic (exact) mass is 499 g/mol. The van der Waals surface area contributed by atoms with Gasteiger partial charge in [-0.25, -0.2) is 4.39 Å². The summed E-state index contributed by atoms with van der Waals surface area (Å²) in [6.07, 6.45) is -7.68. The van der Waals surface area contributed by atoms with Gasteiger partial charge in [0.15, 0.2) is 6.10 Å². The minimum absolute atomic E-state index is 0.0332. The normalized spacial score (nSPS) is 26.1. The van der Waals surface area contributed by atoms with E-state index in [0.29, 0.717) is 0 Å². The van der Waals surface area contributed by atoms with Gasteiger partial charge in [-0.1, -0.05) is 65.1 Å². The predicted octanol–water partition coefficient (Wildman–Crippen LogP) is 3.49. The van der Waals surface area contributed by atoms with Gasteiger partial charge in [-0.3, -0.25) is 15.0 Å². The van der Waals surface area contributed by atoms with Crippen molar-refractivity contribution in [2.45, 2.75) is 55.0 Å². The highest BCUT2D eigenvalue weighted by molar-refractivity contribution is 6.76. The molecule has 1 aromatic rings. The van der Waals surface area contributed by atoms with Crippen molar-refractivity contribution in [1.29, 1.82) is 5.41 Å². The van der Waals surface area contributed by atoms with Gasteiger partial charge in [0.2, 0.25) is 18.4 Å². The Morgan fingerprint density at radius 1 is 1.10 bits per heavy atom. The van der Waals surface area contributed by atoms with Gasteiger partial charge in [0.1, 0.15) is 18.8 Å². The molecule has 1 aromatic carbocycles. The summed E-state index contributed by atoms with van der Waals surface area (Å²) in [5.74, 6) is -2.31. The van der Waals surface area contributed by atoms with Crippen LogP contribution in [-0.4, -0.2) is 59.0 Å². The van der Waals surface area contributed by atoms with Gasteiger partial charge in [-0.05, 0) is 5.56 Å². The SMILES string of the molecule is CC(=O)OC[C@H]1OC(OC(=N)C(Cl)(Cl)Cl)[C@H](F)[C@@H](OC(C)=O)[C@@H]1OCc1ccccc1. The molecule has 0 aromatic heterocycles. The van der Waals surface area contributed by atoms with E-state index >= 15 is 4.39 Å². The topological polar surface area (TPSA) is 104 Å². The van der Waals surface area contributed by atoms with Crippen molar-refractivity contribution < 1.29 is 37.7 Å². The number of alkyl halides is 4. The number of hydrogen-bond donors (Lipinski definition) is 1. The fourth-order valence-corrected chi connectivity index (χ4v) is 2.91. The molecule has 0 bridgehead atoms. The maximum Gasteiger partial charge on any atom is 0.303 e. The van der Waals surface area contributed by atoms with E-state index < -0.39 is 52.4 Å². The Bertz CT molecular complexity index is 778. The molecule has 1 unspecified atom stereocenters. The number of carbonyl (C=O) groups excluding carboxylic acids is 2. The number of hydrogen-bond acceptors (Lipinski definition) is 8. The molecular weight excluding hydrogens is 480 g/mol. The van der Waals surface area contributed by atoms with Crippen LogP contribution >= 0.6 is 34.8 Å². The van der Waals surface area contributed by atoms with Crippen molar-refractivity contribution in [1.82, 2.24) is 0 Å². The third kappa shape index (κ3) is 7.76. The molecule has 12 heteroatoms. The molecule has 1 aliphatic heterocycles. The maximum absolute atomic E-state index is 15.2. The molecule has 5 atom stereocenters. The molecule has 172 valence electrons. The predicted molar refractivity (Wildman–Crippen MR) is 110 cm³/mol. The van der Waals surface area contributed by atoms with Crippen molar-refractivity contribution >= 4 is 52.6 Å². The smallest absolute Gasteiger partial charge is 0.303 e. The van der Waals surface area contributed by atoms with Gasteiger partial charge < -0.3 is 23.7 Å². The summed E-state index contributed by atoms with van der Waals surface area (Å²) in [5, 5.41) is 7.66. The average molecular weight is 501 g/mol. The Balaban J connectivity index is 2.27. The van der Waals surface area contributed by atoms with Crippen LogP contribution in [0.4, 0.5) is 4.39 Å². The zero-order chi connectivity index (χ0) is 23.2. The zero-order valence-electron chi connectivity index (χ0n) is 16.6. The first-order chi connectivity index (χ1) is 14.5. The highest BCUT2D eigenvalue weighted by Crippen LogP contribution is 2.33. The van der Waals surface area contributed by atoms with Crippen LogP contribution in [0.3, 0.4) is 0 Å². The summed E-state index contributed by atoms with van der Waals surface area (Å²) >= 11 is 16.7. The number of halogens is 4. The van der Waals surface area contributed by atoms with E-state index in [4.69, 9.17) is 63.9 Å².